The van der Waals surface area contributed by atoms with E-state index in [2.05, 4.69) is 28.5 Å². The highest BCUT2D eigenvalue weighted by Gasteiger charge is 2.62. The van der Waals surface area contributed by atoms with Crippen LogP contribution in [0.4, 0.5) is 0 Å². The lowest BCUT2D eigenvalue weighted by atomic mass is 9.95. The van der Waals surface area contributed by atoms with Gasteiger partial charge in [0.25, 0.3) is 0 Å². The van der Waals surface area contributed by atoms with Crippen molar-refractivity contribution in [2.24, 2.45) is 0 Å². The van der Waals surface area contributed by atoms with Gasteiger partial charge in [-0.25, -0.2) is 65.2 Å². The Hall–Kier alpha value is -6.04. The second-order valence-electron chi connectivity index (χ2n) is 27.7. The third-order valence-electron chi connectivity index (χ3n) is 18.8. The summed E-state index contributed by atoms with van der Waals surface area (Å²) in [5.41, 5.74) is 0. The number of ether oxygens (including phenoxy) is 12. The zero-order valence-electron chi connectivity index (χ0n) is 62.9. The monoisotopic (exact) mass is 1900 g/mol. The molecular weight excluding hydrogens is 1820 g/mol. The lowest BCUT2D eigenvalue weighted by molar-refractivity contribution is -0.466. The van der Waals surface area contributed by atoms with Crippen molar-refractivity contribution in [1.29, 1.82) is 0 Å². The van der Waals surface area contributed by atoms with Gasteiger partial charge in [-0.2, -0.15) is 33.7 Å². The van der Waals surface area contributed by atoms with Crippen LogP contribution in [0, 0.1) is 0 Å². The maximum absolute atomic E-state index is 13.2. The lowest BCUT2D eigenvalue weighted by Gasteiger charge is -2.48. The van der Waals surface area contributed by atoms with Gasteiger partial charge in [0, 0.05) is 27.7 Å². The summed E-state index contributed by atoms with van der Waals surface area (Å²) in [5, 5.41) is 206. The fourth-order valence-electron chi connectivity index (χ4n) is 13.3. The van der Waals surface area contributed by atoms with E-state index in [1.807, 2.05) is 5.32 Å². The van der Waals surface area contributed by atoms with Crippen molar-refractivity contribution >= 4 is 89.1 Å². The molecule has 8 rings (SSSR count). The minimum absolute atomic E-state index is 0.669. The van der Waals surface area contributed by atoms with E-state index in [9.17, 15) is 178 Å². The summed E-state index contributed by atoms with van der Waals surface area (Å²) in [7, 11) is -22.3. The fourth-order valence-corrected chi connectivity index (χ4v) is 14.7. The van der Waals surface area contributed by atoms with E-state index in [1.165, 1.54) is 0 Å². The molecule has 64 nitrogen and oxygen atoms in total. The summed E-state index contributed by atoms with van der Waals surface area (Å²) in [6.45, 7) is -2.90. The molecule has 0 bridgehead atoms. The minimum atomic E-state index is -5.93. The molecule has 4 amide bonds. The molecule has 714 valence electrons. The highest BCUT2D eigenvalue weighted by molar-refractivity contribution is 7.81. The Balaban J connectivity index is 1.03. The molecule has 68 heteroatoms. The van der Waals surface area contributed by atoms with Gasteiger partial charge >= 0.3 is 65.5 Å². The number of hydrogen-bond donors (Lipinski definition) is 26. The molecule has 0 unspecified atom stereocenters. The molecule has 26 N–H and O–H groups in total. The molecule has 0 aromatic carbocycles. The Morgan fingerprint density at radius 1 is 0.282 bits per heavy atom. The highest BCUT2D eigenvalue weighted by Crippen LogP contribution is 2.39. The molecule has 0 saturated carbocycles. The van der Waals surface area contributed by atoms with Gasteiger partial charge in [-0.3, -0.25) is 37.4 Å². The molecule has 8 saturated heterocycles. The summed E-state index contributed by atoms with van der Waals surface area (Å²) in [6.07, 6.45) is -92.6. The smallest absolute Gasteiger partial charge is 0.397 e. The first-order valence-corrected chi connectivity index (χ1v) is 40.7. The van der Waals surface area contributed by atoms with Crippen molar-refractivity contribution in [3.63, 3.8) is 0 Å². The number of rotatable bonds is 37. The standard InChI is InChI=1S/C56H86N4O60S4/c1-9(62)57-17-34(21(66)14(102-49(17)86)6-99-121(87,88)89)106-54-30(75)26(71)38(42(111-54)46(80)81)114-118-51-19(59-11(3)64)36(23(68)16(105-51)8-101-123(93,94)95)108-55-31(76)27(72)39(43(112-55)47(82)83)116-119-52-20(60-12(4)65)37(33(13(5-61)103-52)120-124(96,97)98)109-56-32(77)28(73)40(44(113-56)48(84)85)115-117-50-18(58-10(2)63)35(22(67)15(104-50)7-100-122(90,91)92)107-53-29(74)24(69)25(70)41(110-53)45(78)79/h13-44,49-56,61,66-77,86H,5-8H2,1-4H3,(H,57,62)(H,58,63)(H,59,64)(H,60,65)(H,78,79)(H,80,81)(H,82,83)(H,84,85)(H,87,88,89)(H,90,91,92)(H,93,94,95)(H,96,97,98)/t13-,14-,15-,16-,17-,18-,19-,20-,21+,22+,23+,24+,25+,26-,27-,28-,29-,30-,31-,32-,33+,34-,35-,36-,37-,38+,39+,40+,41+,42+,43+,44+,49+,50-,51-,52-,53-,54-,55-,56-/m1/s1. The summed E-state index contributed by atoms with van der Waals surface area (Å²) in [6, 6.07) is -8.96. The number of aliphatic hydroxyl groups excluding tert-OH is 14. The summed E-state index contributed by atoms with van der Waals surface area (Å²) >= 11 is 0. The molecule has 8 fully saturated rings. The van der Waals surface area contributed by atoms with E-state index >= 15 is 0 Å². The third kappa shape index (κ3) is 26.2. The zero-order chi connectivity index (χ0) is 92.9. The van der Waals surface area contributed by atoms with Crippen LogP contribution in [0.5, 0.6) is 0 Å². The number of aliphatic carboxylic acids is 4. The predicted molar refractivity (Wildman–Crippen MR) is 358 cm³/mol. The van der Waals surface area contributed by atoms with Crippen LogP contribution in [-0.2, 0) is 183 Å². The normalized spacial score (nSPS) is 42.0. The van der Waals surface area contributed by atoms with Crippen molar-refractivity contribution < 1.29 is 285 Å². The van der Waals surface area contributed by atoms with Crippen LogP contribution in [-0.4, -0.2) is 463 Å². The largest absolute Gasteiger partial charge is 0.479 e. The molecule has 124 heavy (non-hydrogen) atoms. The quantitative estimate of drug-likeness (QED) is 0.0156. The van der Waals surface area contributed by atoms with Crippen LogP contribution < -0.4 is 21.3 Å². The van der Waals surface area contributed by atoms with E-state index in [0.29, 0.717) is 6.92 Å². The van der Waals surface area contributed by atoms with Gasteiger partial charge in [0.2, 0.25) is 42.5 Å². The molecule has 0 spiro atoms. The summed E-state index contributed by atoms with van der Waals surface area (Å²) in [4.78, 5) is 133. The van der Waals surface area contributed by atoms with Gasteiger partial charge in [0.1, 0.15) is 152 Å². The van der Waals surface area contributed by atoms with Crippen LogP contribution >= 0.6 is 0 Å². The van der Waals surface area contributed by atoms with Crippen molar-refractivity contribution in [2.75, 3.05) is 26.4 Å². The van der Waals surface area contributed by atoms with Crippen LogP contribution in [0.2, 0.25) is 0 Å². The zero-order valence-corrected chi connectivity index (χ0v) is 66.2. The fraction of sp³-hybridized carbons (Fsp3) is 0.857. The topological polar surface area (TPSA) is 969 Å². The van der Waals surface area contributed by atoms with Crippen molar-refractivity contribution in [3.05, 3.63) is 0 Å². The first-order chi connectivity index (χ1) is 57.4. The van der Waals surface area contributed by atoms with Gasteiger partial charge in [-0.15, -0.1) is 0 Å². The first-order valence-electron chi connectivity index (χ1n) is 35.2. The summed E-state index contributed by atoms with van der Waals surface area (Å²) < 4.78 is 216. The van der Waals surface area contributed by atoms with E-state index in [-0.39, 0.29) is 0 Å². The van der Waals surface area contributed by atoms with E-state index in [4.69, 9.17) is 94.9 Å². The maximum Gasteiger partial charge on any atom is 0.397 e. The Kier molecular flexibility index (Phi) is 35.6. The van der Waals surface area contributed by atoms with E-state index in [1.54, 1.807) is 0 Å². The number of amides is 4. The Labute approximate surface area is 692 Å². The second kappa shape index (κ2) is 42.7. The number of carbonyl (C=O) groups is 8. The SMILES string of the molecule is CC(=O)N[C@@H]1[C@@H](O[C@@H]2O[C@H](C(=O)O)[C@@H](OO[C@H]3O[C@H](COS(=O)(=O)O)[C@H](O)[C@H](O[C@@H]4O[C@H](C(=O)O)[C@@H](OO[C@H]5O[C@H](CO)[C@H](OS(=O)(=O)O)[C@H](O[C@@H]6O[C@H](C(=O)O)[C@@H](OO[C@H]7O[C@H](COS(=O)(=O)O)[C@H](O)[C@H](O[C@@H]8O[C@H](C(=O)O)[C@@H](O)[C@H](O)[C@H]8O)[C@H]7NC(C)=O)[C@H](O)[C@H]6O)[C@H]5NC(C)=O)[C@H](O)[C@H]4O)[C@H]3NC(C)=O)[C@H](O)[C@H]2O)[C@@H](O)[C@@H](COS(=O)(=O)O)O[C@@H]1O. The highest BCUT2D eigenvalue weighted by atomic mass is 32.3. The van der Waals surface area contributed by atoms with Gasteiger partial charge in [-0.1, -0.05) is 0 Å². The van der Waals surface area contributed by atoms with Gasteiger partial charge in [0.15, 0.2) is 74.2 Å². The number of carboxylic acid groups (broad SMARTS) is 4. The Morgan fingerprint density at radius 2 is 0.548 bits per heavy atom. The van der Waals surface area contributed by atoms with Gasteiger partial charge < -0.3 is 170 Å². The van der Waals surface area contributed by atoms with Gasteiger partial charge in [-0.05, 0) is 0 Å². The minimum Gasteiger partial charge on any atom is -0.479 e. The molecule has 0 aromatic rings. The number of hydrogen-bond acceptors (Lipinski definition) is 52. The number of aliphatic hydroxyl groups is 14. The molecule has 8 heterocycles. The Bertz CT molecular complexity index is 4160. The van der Waals surface area contributed by atoms with Crippen LogP contribution in [0.1, 0.15) is 27.7 Å². The van der Waals surface area contributed by atoms with Gasteiger partial charge in [0.05, 0.1) is 26.4 Å². The number of carbonyl (C=O) groups excluding carboxylic acids is 4. The molecule has 0 radical (unpaired) electrons. The number of carboxylic acids is 4. The third-order valence-corrected chi connectivity index (χ3v) is 20.6. The van der Waals surface area contributed by atoms with Crippen LogP contribution in [0.15, 0.2) is 0 Å². The van der Waals surface area contributed by atoms with Crippen molar-refractivity contribution in [1.82, 2.24) is 21.3 Å². The predicted octanol–water partition coefficient (Wildman–Crippen LogP) is -18.4. The lowest BCUT2D eigenvalue weighted by Crippen LogP contribution is -2.70. The molecule has 0 aromatic heterocycles. The molecule has 0 aliphatic carbocycles. The molecule has 8 aliphatic heterocycles. The molecular formula is C56H86N4O60S4. The maximum atomic E-state index is 13.2. The van der Waals surface area contributed by atoms with Crippen LogP contribution in [0.3, 0.4) is 0 Å². The molecule has 8 aliphatic rings. The Morgan fingerprint density at radius 3 is 0.839 bits per heavy atom. The average molecular weight is 1900 g/mol. The van der Waals surface area contributed by atoms with Crippen molar-refractivity contribution in [2.45, 2.75) is 273 Å². The first kappa shape index (κ1) is 103. The molecule has 40 atom stereocenters. The number of nitrogens with one attached hydrogen (secondary N) is 4. The summed E-state index contributed by atoms with van der Waals surface area (Å²) in [5.74, 6) is -13.4. The van der Waals surface area contributed by atoms with E-state index in [0.717, 1.165) is 20.8 Å². The van der Waals surface area contributed by atoms with Crippen molar-refractivity contribution in [3.8, 4) is 0 Å². The average Bonchev–Trinajstić information content (AvgIpc) is 0.776. The van der Waals surface area contributed by atoms with E-state index < -0.39 is 361 Å². The second-order valence-corrected chi connectivity index (χ2v) is 32.0. The van der Waals surface area contributed by atoms with Crippen LogP contribution in [0.25, 0.3) is 0 Å².